The van der Waals surface area contributed by atoms with Crippen LogP contribution in [0, 0.1) is 0 Å². The monoisotopic (exact) mass is 480 g/mol. The number of nitrogens with two attached hydrogens (primary N) is 1. The van der Waals surface area contributed by atoms with Gasteiger partial charge in [-0.05, 0) is 67.7 Å². The second-order valence-corrected chi connectivity index (χ2v) is 7.83. The molecule has 1 heterocycles. The minimum Gasteiger partial charge on any atom is -0.497 e. The molecule has 1 aromatic heterocycles. The minimum absolute atomic E-state index is 0. The number of ether oxygens (including phenoxy) is 1. The highest BCUT2D eigenvalue weighted by molar-refractivity contribution is 6.32. The Balaban J connectivity index is 0.00000171. The molecule has 1 aliphatic rings. The number of methoxy groups -OCH3 is 1. The predicted molar refractivity (Wildman–Crippen MR) is 135 cm³/mol. The lowest BCUT2D eigenvalue weighted by Crippen LogP contribution is -2.33. The van der Waals surface area contributed by atoms with Crippen LogP contribution >= 0.6 is 36.4 Å². The van der Waals surface area contributed by atoms with Gasteiger partial charge >= 0.3 is 0 Å². The van der Waals surface area contributed by atoms with Crippen LogP contribution in [0.25, 0.3) is 23.1 Å². The summed E-state index contributed by atoms with van der Waals surface area (Å²) in [5.74, 6) is 2.25. The van der Waals surface area contributed by atoms with E-state index in [4.69, 9.17) is 32.0 Å². The first kappa shape index (κ1) is 25.2. The highest BCUT2D eigenvalue weighted by atomic mass is 35.5. The maximum absolute atomic E-state index is 6.26. The van der Waals surface area contributed by atoms with Gasteiger partial charge in [0.15, 0.2) is 5.82 Å². The summed E-state index contributed by atoms with van der Waals surface area (Å²) < 4.78 is 5.40. The summed E-state index contributed by atoms with van der Waals surface area (Å²) in [6.07, 6.45) is 7.98. The maximum Gasteiger partial charge on any atom is 0.154 e. The Labute approximate surface area is 200 Å². The molecular formula is C23H27Cl3N4O. The molecule has 0 amide bonds. The van der Waals surface area contributed by atoms with E-state index in [1.807, 2.05) is 54.6 Å². The Hall–Kier alpha value is -2.05. The molecule has 0 atom stereocenters. The van der Waals surface area contributed by atoms with Crippen molar-refractivity contribution in [2.24, 2.45) is 5.73 Å². The number of hydrogen-bond acceptors (Lipinski definition) is 5. The normalized spacial score (nSPS) is 18.3. The topological polar surface area (TPSA) is 73.1 Å². The average Bonchev–Trinajstić information content (AvgIpc) is 2.74. The number of anilines is 1. The lowest BCUT2D eigenvalue weighted by molar-refractivity contribution is 0.410. The van der Waals surface area contributed by atoms with E-state index in [1.165, 1.54) is 0 Å². The molecule has 3 aromatic rings. The van der Waals surface area contributed by atoms with Crippen molar-refractivity contribution in [3.05, 3.63) is 58.9 Å². The quantitative estimate of drug-likeness (QED) is 0.468. The van der Waals surface area contributed by atoms with E-state index in [2.05, 4.69) is 5.32 Å². The molecule has 166 valence electrons. The van der Waals surface area contributed by atoms with E-state index in [0.29, 0.717) is 22.9 Å². The predicted octanol–water partition coefficient (Wildman–Crippen LogP) is 5.99. The van der Waals surface area contributed by atoms with Gasteiger partial charge in [0.05, 0.1) is 12.6 Å². The molecule has 0 unspecified atom stereocenters. The van der Waals surface area contributed by atoms with Gasteiger partial charge in [-0.25, -0.2) is 9.97 Å². The molecule has 0 saturated heterocycles. The van der Waals surface area contributed by atoms with Crippen molar-refractivity contribution in [3.8, 4) is 5.75 Å². The van der Waals surface area contributed by atoms with Gasteiger partial charge in [0.2, 0.25) is 0 Å². The number of fused-ring (bicyclic) bond motifs is 1. The lowest BCUT2D eigenvalue weighted by Gasteiger charge is -2.27. The van der Waals surface area contributed by atoms with Gasteiger partial charge in [-0.15, -0.1) is 24.8 Å². The highest BCUT2D eigenvalue weighted by Crippen LogP contribution is 2.29. The van der Waals surface area contributed by atoms with Crippen molar-refractivity contribution < 1.29 is 4.74 Å². The molecule has 5 nitrogen and oxygen atoms in total. The molecule has 3 N–H and O–H groups in total. The molecular weight excluding hydrogens is 455 g/mol. The molecule has 31 heavy (non-hydrogen) atoms. The first-order valence-corrected chi connectivity index (χ1v) is 10.3. The van der Waals surface area contributed by atoms with Crippen LogP contribution in [-0.4, -0.2) is 29.2 Å². The largest absolute Gasteiger partial charge is 0.497 e. The number of hydrogen-bond donors (Lipinski definition) is 2. The van der Waals surface area contributed by atoms with Gasteiger partial charge < -0.3 is 15.8 Å². The third kappa shape index (κ3) is 6.23. The molecule has 8 heteroatoms. The zero-order valence-corrected chi connectivity index (χ0v) is 19.6. The van der Waals surface area contributed by atoms with Crippen LogP contribution in [0.3, 0.4) is 0 Å². The smallest absolute Gasteiger partial charge is 0.154 e. The maximum atomic E-state index is 6.26. The number of rotatable bonds is 5. The fourth-order valence-corrected chi connectivity index (χ4v) is 3.87. The van der Waals surface area contributed by atoms with Gasteiger partial charge in [-0.1, -0.05) is 29.8 Å². The summed E-state index contributed by atoms with van der Waals surface area (Å²) in [7, 11) is 1.67. The summed E-state index contributed by atoms with van der Waals surface area (Å²) in [5.41, 5.74) is 7.86. The summed E-state index contributed by atoms with van der Waals surface area (Å²) in [4.78, 5) is 9.50. The Morgan fingerprint density at radius 1 is 1.03 bits per heavy atom. The Kier molecular flexibility index (Phi) is 9.38. The third-order valence-electron chi connectivity index (χ3n) is 5.35. The van der Waals surface area contributed by atoms with Crippen molar-refractivity contribution in [2.75, 3.05) is 12.4 Å². The fraction of sp³-hybridized carbons (Fsp3) is 0.304. The zero-order valence-electron chi connectivity index (χ0n) is 17.3. The van der Waals surface area contributed by atoms with Crippen LogP contribution in [0.15, 0.2) is 42.5 Å². The molecule has 4 rings (SSSR count). The second-order valence-electron chi connectivity index (χ2n) is 7.42. The lowest BCUT2D eigenvalue weighted by atomic mass is 9.92. The first-order chi connectivity index (χ1) is 14.1. The van der Waals surface area contributed by atoms with Gasteiger partial charge in [-0.3, -0.25) is 0 Å². The Bertz CT molecular complexity index is 1040. The molecule has 0 radical (unpaired) electrons. The van der Waals surface area contributed by atoms with Crippen LogP contribution in [0.5, 0.6) is 5.75 Å². The summed E-state index contributed by atoms with van der Waals surface area (Å²) >= 11 is 6.26. The van der Waals surface area contributed by atoms with Crippen LogP contribution in [0.1, 0.15) is 37.1 Å². The van der Waals surface area contributed by atoms with E-state index >= 15 is 0 Å². The van der Waals surface area contributed by atoms with E-state index in [1.54, 1.807) is 7.11 Å². The second kappa shape index (κ2) is 11.5. The van der Waals surface area contributed by atoms with E-state index in [0.717, 1.165) is 53.7 Å². The highest BCUT2D eigenvalue weighted by Gasteiger charge is 2.20. The number of benzene rings is 2. The Morgan fingerprint density at radius 2 is 1.77 bits per heavy atom. The first-order valence-electron chi connectivity index (χ1n) is 9.93. The van der Waals surface area contributed by atoms with Gasteiger partial charge in [0, 0.05) is 22.5 Å². The van der Waals surface area contributed by atoms with Crippen LogP contribution in [0.2, 0.25) is 5.02 Å². The van der Waals surface area contributed by atoms with Crippen LogP contribution < -0.4 is 15.8 Å². The summed E-state index contributed by atoms with van der Waals surface area (Å²) in [6.45, 7) is 0. The summed E-state index contributed by atoms with van der Waals surface area (Å²) in [6, 6.07) is 14.2. The van der Waals surface area contributed by atoms with Gasteiger partial charge in [-0.2, -0.15) is 0 Å². The van der Waals surface area contributed by atoms with Crippen molar-refractivity contribution in [1.29, 1.82) is 0 Å². The molecule has 0 spiro atoms. The fourth-order valence-electron chi connectivity index (χ4n) is 3.67. The number of nitrogens with one attached hydrogen (secondary N) is 1. The number of nitrogens with zero attached hydrogens (tertiary/aromatic N) is 2. The molecule has 0 bridgehead atoms. The Morgan fingerprint density at radius 3 is 2.48 bits per heavy atom. The molecule has 1 aliphatic carbocycles. The molecule has 0 aliphatic heterocycles. The van der Waals surface area contributed by atoms with Crippen molar-refractivity contribution in [2.45, 2.75) is 37.8 Å². The van der Waals surface area contributed by atoms with Crippen molar-refractivity contribution >= 4 is 65.3 Å². The van der Waals surface area contributed by atoms with E-state index in [9.17, 15) is 0 Å². The SMILES string of the molecule is COc1ccc2nc(C=Cc3ccccc3Cl)nc(NC3CCC(N)CC3)c2c1.Cl.Cl. The van der Waals surface area contributed by atoms with Crippen LogP contribution in [0.4, 0.5) is 5.82 Å². The number of halogens is 3. The molecule has 2 aromatic carbocycles. The van der Waals surface area contributed by atoms with Gasteiger partial charge in [0.25, 0.3) is 0 Å². The molecule has 1 saturated carbocycles. The van der Waals surface area contributed by atoms with Crippen LogP contribution in [-0.2, 0) is 0 Å². The van der Waals surface area contributed by atoms with Gasteiger partial charge in [0.1, 0.15) is 11.6 Å². The minimum atomic E-state index is 0. The summed E-state index contributed by atoms with van der Waals surface area (Å²) in [5, 5.41) is 5.28. The molecule has 1 fully saturated rings. The zero-order chi connectivity index (χ0) is 20.2. The van der Waals surface area contributed by atoms with Crippen molar-refractivity contribution in [1.82, 2.24) is 9.97 Å². The van der Waals surface area contributed by atoms with E-state index in [-0.39, 0.29) is 24.8 Å². The third-order valence-corrected chi connectivity index (χ3v) is 5.69. The van der Waals surface area contributed by atoms with Crippen molar-refractivity contribution in [3.63, 3.8) is 0 Å². The standard InChI is InChI=1S/C23H25ClN4O.2ClH/c1-29-18-11-12-21-19(14-18)23(26-17-9-7-16(25)8-10-17)28-22(27-21)13-6-15-4-2-3-5-20(15)24;;/h2-6,11-14,16-17H,7-10,25H2,1H3,(H,26,27,28);2*1H. The average molecular weight is 482 g/mol. The van der Waals surface area contributed by atoms with E-state index < -0.39 is 0 Å². The number of aromatic nitrogens is 2.